The first kappa shape index (κ1) is 14.2. The van der Waals surface area contributed by atoms with Crippen LogP contribution in [0.5, 0.6) is 0 Å². The first-order valence-electron chi connectivity index (χ1n) is 5.57. The molecule has 0 radical (unpaired) electrons. The standard InChI is InChI=1S/C6H13N.C5H13N3/c1-7-5-3-2-4-6-7;1-7(2)5(6)8(3)4/h2-6H2,1H3;6H,1-4H3. The van der Waals surface area contributed by atoms with Crippen LogP contribution in [0, 0.1) is 5.41 Å². The predicted molar refractivity (Wildman–Crippen MR) is 66.4 cm³/mol. The number of hydrogen-bond acceptors (Lipinski definition) is 2. The molecule has 4 nitrogen and oxygen atoms in total. The second-order valence-electron chi connectivity index (χ2n) is 4.48. The van der Waals surface area contributed by atoms with E-state index in [4.69, 9.17) is 5.41 Å². The minimum absolute atomic E-state index is 0.519. The molecule has 0 atom stereocenters. The van der Waals surface area contributed by atoms with Crippen molar-refractivity contribution >= 4 is 5.96 Å². The van der Waals surface area contributed by atoms with E-state index in [2.05, 4.69) is 11.9 Å². The first-order chi connectivity index (χ1) is 6.95. The van der Waals surface area contributed by atoms with Gasteiger partial charge in [-0.15, -0.1) is 0 Å². The fraction of sp³-hybridized carbons (Fsp3) is 0.909. The second kappa shape index (κ2) is 7.51. The zero-order valence-corrected chi connectivity index (χ0v) is 10.9. The lowest BCUT2D eigenvalue weighted by Gasteiger charge is -2.20. The Morgan fingerprint density at radius 2 is 1.33 bits per heavy atom. The van der Waals surface area contributed by atoms with E-state index in [0.717, 1.165) is 0 Å². The molecule has 1 fully saturated rings. The second-order valence-corrected chi connectivity index (χ2v) is 4.48. The molecular formula is C11H26N4. The molecular weight excluding hydrogens is 188 g/mol. The SMILES string of the molecule is CN(C)C(=N)N(C)C.CN1CCCCC1. The van der Waals surface area contributed by atoms with E-state index < -0.39 is 0 Å². The highest BCUT2D eigenvalue weighted by molar-refractivity contribution is 5.75. The summed E-state index contributed by atoms with van der Waals surface area (Å²) in [5.41, 5.74) is 0. The average molecular weight is 214 g/mol. The smallest absolute Gasteiger partial charge is 0.192 e. The first-order valence-corrected chi connectivity index (χ1v) is 5.57. The van der Waals surface area contributed by atoms with Crippen LogP contribution in [0.2, 0.25) is 0 Å². The minimum atomic E-state index is 0.519. The Labute approximate surface area is 94.4 Å². The van der Waals surface area contributed by atoms with E-state index in [-0.39, 0.29) is 0 Å². The van der Waals surface area contributed by atoms with Crippen molar-refractivity contribution in [1.82, 2.24) is 14.7 Å². The summed E-state index contributed by atoms with van der Waals surface area (Å²) in [5.74, 6) is 0.519. The molecule has 1 aliphatic heterocycles. The largest absolute Gasteiger partial charge is 0.349 e. The quantitative estimate of drug-likeness (QED) is 0.485. The topological polar surface area (TPSA) is 33.6 Å². The molecule has 0 amide bonds. The van der Waals surface area contributed by atoms with Crippen LogP contribution in [-0.2, 0) is 0 Å². The maximum Gasteiger partial charge on any atom is 0.192 e. The highest BCUT2D eigenvalue weighted by Gasteiger charge is 2.02. The third-order valence-electron chi connectivity index (χ3n) is 2.43. The molecule has 1 heterocycles. The minimum Gasteiger partial charge on any atom is -0.349 e. The molecule has 0 unspecified atom stereocenters. The van der Waals surface area contributed by atoms with Gasteiger partial charge >= 0.3 is 0 Å². The van der Waals surface area contributed by atoms with Crippen molar-refractivity contribution in [3.8, 4) is 0 Å². The molecule has 0 bridgehead atoms. The van der Waals surface area contributed by atoms with Crippen molar-refractivity contribution in [2.45, 2.75) is 19.3 Å². The van der Waals surface area contributed by atoms with Crippen molar-refractivity contribution in [1.29, 1.82) is 5.41 Å². The Bertz CT molecular complexity index is 161. The van der Waals surface area contributed by atoms with Gasteiger partial charge in [0.15, 0.2) is 5.96 Å². The van der Waals surface area contributed by atoms with Gasteiger partial charge in [-0.2, -0.15) is 0 Å². The van der Waals surface area contributed by atoms with Crippen LogP contribution < -0.4 is 0 Å². The maximum absolute atomic E-state index is 7.25. The Hall–Kier alpha value is -0.770. The number of nitrogens with one attached hydrogen (secondary N) is 1. The Morgan fingerprint density at radius 3 is 1.47 bits per heavy atom. The highest BCUT2D eigenvalue weighted by atomic mass is 15.3. The van der Waals surface area contributed by atoms with Crippen molar-refractivity contribution in [2.75, 3.05) is 48.3 Å². The van der Waals surface area contributed by atoms with Crippen molar-refractivity contribution in [3.63, 3.8) is 0 Å². The highest BCUT2D eigenvalue weighted by Crippen LogP contribution is 2.04. The summed E-state index contributed by atoms with van der Waals surface area (Å²) >= 11 is 0. The van der Waals surface area contributed by atoms with Gasteiger partial charge in [0.25, 0.3) is 0 Å². The Morgan fingerprint density at radius 1 is 0.933 bits per heavy atom. The van der Waals surface area contributed by atoms with Crippen LogP contribution in [0.25, 0.3) is 0 Å². The van der Waals surface area contributed by atoms with Crippen molar-refractivity contribution in [2.24, 2.45) is 0 Å². The predicted octanol–water partition coefficient (Wildman–Crippen LogP) is 1.15. The number of likely N-dealkylation sites (tertiary alicyclic amines) is 1. The molecule has 4 heteroatoms. The number of piperidine rings is 1. The summed E-state index contributed by atoms with van der Waals surface area (Å²) in [6.07, 6.45) is 4.28. The molecule has 90 valence electrons. The molecule has 15 heavy (non-hydrogen) atoms. The summed E-state index contributed by atoms with van der Waals surface area (Å²) in [7, 11) is 9.59. The molecule has 0 spiro atoms. The lowest BCUT2D eigenvalue weighted by molar-refractivity contribution is 0.277. The monoisotopic (exact) mass is 214 g/mol. The van der Waals surface area contributed by atoms with E-state index in [1.165, 1.54) is 32.4 Å². The Kier molecular flexibility index (Phi) is 7.13. The maximum atomic E-state index is 7.25. The number of hydrogen-bond donors (Lipinski definition) is 1. The van der Waals surface area contributed by atoms with Crippen molar-refractivity contribution < 1.29 is 0 Å². The third-order valence-corrected chi connectivity index (χ3v) is 2.43. The van der Waals surface area contributed by atoms with Crippen molar-refractivity contribution in [3.05, 3.63) is 0 Å². The Balaban J connectivity index is 0.000000262. The summed E-state index contributed by atoms with van der Waals surface area (Å²) in [5, 5.41) is 7.25. The summed E-state index contributed by atoms with van der Waals surface area (Å²) < 4.78 is 0. The lowest BCUT2D eigenvalue weighted by Crippen LogP contribution is -2.34. The van der Waals surface area contributed by atoms with E-state index in [1.54, 1.807) is 9.80 Å². The molecule has 1 saturated heterocycles. The number of rotatable bonds is 0. The van der Waals surface area contributed by atoms with Gasteiger partial charge in [-0.05, 0) is 33.0 Å². The fourth-order valence-electron chi connectivity index (χ4n) is 1.45. The van der Waals surface area contributed by atoms with Crippen LogP contribution in [0.15, 0.2) is 0 Å². The molecule has 0 aromatic heterocycles. The fourth-order valence-corrected chi connectivity index (χ4v) is 1.45. The number of nitrogens with zero attached hydrogens (tertiary/aromatic N) is 3. The molecule has 1 N–H and O–H groups in total. The summed E-state index contributed by atoms with van der Waals surface area (Å²) in [6, 6.07) is 0. The van der Waals surface area contributed by atoms with E-state index in [1.807, 2.05) is 28.2 Å². The third kappa shape index (κ3) is 7.19. The van der Waals surface area contributed by atoms with Gasteiger partial charge in [0.2, 0.25) is 0 Å². The van der Waals surface area contributed by atoms with E-state index in [0.29, 0.717) is 5.96 Å². The van der Waals surface area contributed by atoms with Gasteiger partial charge in [-0.25, -0.2) is 0 Å². The molecule has 1 rings (SSSR count). The van der Waals surface area contributed by atoms with Crippen LogP contribution in [0.1, 0.15) is 19.3 Å². The van der Waals surface area contributed by atoms with Gasteiger partial charge in [0.1, 0.15) is 0 Å². The normalized spacial score (nSPS) is 16.3. The molecule has 1 aliphatic rings. The van der Waals surface area contributed by atoms with Gasteiger partial charge in [-0.1, -0.05) is 6.42 Å². The van der Waals surface area contributed by atoms with E-state index >= 15 is 0 Å². The summed E-state index contributed by atoms with van der Waals surface area (Å²) in [6.45, 7) is 2.64. The summed E-state index contributed by atoms with van der Waals surface area (Å²) in [4.78, 5) is 5.89. The lowest BCUT2D eigenvalue weighted by atomic mass is 10.1. The van der Waals surface area contributed by atoms with Gasteiger partial charge in [0.05, 0.1) is 0 Å². The zero-order chi connectivity index (χ0) is 11.8. The molecule has 0 aromatic rings. The van der Waals surface area contributed by atoms with E-state index in [9.17, 15) is 0 Å². The molecule has 0 aromatic carbocycles. The van der Waals surface area contributed by atoms with Crippen LogP contribution >= 0.6 is 0 Å². The van der Waals surface area contributed by atoms with Crippen LogP contribution in [-0.4, -0.2) is 69.0 Å². The number of guanidine groups is 1. The van der Waals surface area contributed by atoms with Crippen LogP contribution in [0.4, 0.5) is 0 Å². The average Bonchev–Trinajstić information content (AvgIpc) is 2.18. The van der Waals surface area contributed by atoms with Gasteiger partial charge in [0, 0.05) is 28.2 Å². The van der Waals surface area contributed by atoms with Gasteiger partial charge in [-0.3, -0.25) is 5.41 Å². The van der Waals surface area contributed by atoms with Crippen LogP contribution in [0.3, 0.4) is 0 Å². The van der Waals surface area contributed by atoms with Gasteiger partial charge < -0.3 is 14.7 Å². The molecule has 0 saturated carbocycles. The zero-order valence-electron chi connectivity index (χ0n) is 10.9. The molecule has 0 aliphatic carbocycles.